The second-order valence-corrected chi connectivity index (χ2v) is 4.92. The second-order valence-electron chi connectivity index (χ2n) is 4.92. The van der Waals surface area contributed by atoms with E-state index in [-0.39, 0.29) is 18.5 Å². The zero-order valence-electron chi connectivity index (χ0n) is 11.5. The maximum absolute atomic E-state index is 13.4. The summed E-state index contributed by atoms with van der Waals surface area (Å²) < 4.78 is 39.2. The predicted octanol–water partition coefficient (Wildman–Crippen LogP) is 1.84. The Morgan fingerprint density at radius 3 is 2.48 bits per heavy atom. The number of nitrogens with one attached hydrogen (secondary N) is 1. The number of benzene rings is 1. The van der Waals surface area contributed by atoms with Crippen LogP contribution in [0.5, 0.6) is 0 Å². The van der Waals surface area contributed by atoms with E-state index in [1.54, 1.807) is 4.90 Å². The van der Waals surface area contributed by atoms with Gasteiger partial charge in [-0.25, -0.2) is 13.2 Å². The fourth-order valence-corrected chi connectivity index (χ4v) is 2.07. The molecule has 0 spiro atoms. The molecule has 0 unspecified atom stereocenters. The summed E-state index contributed by atoms with van der Waals surface area (Å²) in [6, 6.07) is 1.78. The Morgan fingerprint density at radius 2 is 1.90 bits per heavy atom. The number of nitrogens with zero attached hydrogens (tertiary/aromatic N) is 1. The monoisotopic (exact) mass is 300 g/mol. The Labute approximate surface area is 119 Å². The van der Waals surface area contributed by atoms with Crippen LogP contribution < -0.4 is 5.32 Å². The molecule has 0 saturated heterocycles. The van der Waals surface area contributed by atoms with Crippen molar-refractivity contribution < 1.29 is 22.8 Å². The predicted molar refractivity (Wildman–Crippen MR) is 69.1 cm³/mol. The highest BCUT2D eigenvalue weighted by Gasteiger charge is 2.30. The lowest BCUT2D eigenvalue weighted by atomic mass is 10.2. The minimum atomic E-state index is -1.68. The smallest absolute Gasteiger partial charge is 0.254 e. The minimum absolute atomic E-state index is 0.0919. The van der Waals surface area contributed by atoms with Crippen LogP contribution in [0.1, 0.15) is 30.1 Å². The highest BCUT2D eigenvalue weighted by Crippen LogP contribution is 2.26. The van der Waals surface area contributed by atoms with Crippen LogP contribution in [0.3, 0.4) is 0 Å². The molecular weight excluding hydrogens is 285 g/mol. The number of halogens is 3. The molecule has 1 N–H and O–H groups in total. The molecule has 0 heterocycles. The van der Waals surface area contributed by atoms with E-state index < -0.39 is 28.9 Å². The molecule has 0 bridgehead atoms. The summed E-state index contributed by atoms with van der Waals surface area (Å²) in [5.74, 6) is -5.47. The average Bonchev–Trinajstić information content (AvgIpc) is 3.25. The normalized spacial score (nSPS) is 13.9. The van der Waals surface area contributed by atoms with E-state index in [0.717, 1.165) is 18.9 Å². The number of carbonyl (C=O) groups is 2. The van der Waals surface area contributed by atoms with Gasteiger partial charge in [0.25, 0.3) is 5.91 Å². The largest absolute Gasteiger partial charge is 0.350 e. The van der Waals surface area contributed by atoms with Crippen molar-refractivity contribution in [3.05, 3.63) is 35.1 Å². The van der Waals surface area contributed by atoms with Gasteiger partial charge in [-0.2, -0.15) is 0 Å². The van der Waals surface area contributed by atoms with Gasteiger partial charge in [0.2, 0.25) is 5.91 Å². The molecule has 0 radical (unpaired) electrons. The van der Waals surface area contributed by atoms with Crippen LogP contribution in [0.25, 0.3) is 0 Å². The van der Waals surface area contributed by atoms with Gasteiger partial charge < -0.3 is 10.2 Å². The molecule has 1 saturated carbocycles. The number of amides is 2. The second kappa shape index (κ2) is 6.15. The fourth-order valence-electron chi connectivity index (χ4n) is 2.07. The van der Waals surface area contributed by atoms with Gasteiger partial charge in [0.1, 0.15) is 0 Å². The van der Waals surface area contributed by atoms with E-state index in [1.807, 2.05) is 0 Å². The summed E-state index contributed by atoms with van der Waals surface area (Å²) in [6.45, 7) is 1.86. The van der Waals surface area contributed by atoms with Gasteiger partial charge in [0, 0.05) is 26.1 Å². The Morgan fingerprint density at radius 1 is 1.24 bits per heavy atom. The molecule has 114 valence electrons. The topological polar surface area (TPSA) is 49.4 Å². The summed E-state index contributed by atoms with van der Waals surface area (Å²) in [5, 5.41) is 2.39. The number of carbonyl (C=O) groups excluding carboxylic acids is 2. The van der Waals surface area contributed by atoms with Crippen LogP contribution >= 0.6 is 0 Å². The van der Waals surface area contributed by atoms with E-state index >= 15 is 0 Å². The van der Waals surface area contributed by atoms with Crippen molar-refractivity contribution in [1.82, 2.24) is 10.2 Å². The van der Waals surface area contributed by atoms with Crippen LogP contribution in [0, 0.1) is 17.5 Å². The molecule has 0 aromatic heterocycles. The van der Waals surface area contributed by atoms with Crippen LogP contribution in [0.4, 0.5) is 13.2 Å². The highest BCUT2D eigenvalue weighted by atomic mass is 19.2. The van der Waals surface area contributed by atoms with Gasteiger partial charge in [-0.15, -0.1) is 0 Å². The molecular formula is C14H15F3N2O2. The molecule has 1 aliphatic rings. The SMILES string of the molecule is CC(=O)N(CCNC(=O)c1ccc(F)c(F)c1F)C1CC1. The van der Waals surface area contributed by atoms with Crippen molar-refractivity contribution in [2.24, 2.45) is 0 Å². The molecule has 2 rings (SSSR count). The molecule has 0 atom stereocenters. The summed E-state index contributed by atoms with van der Waals surface area (Å²) in [4.78, 5) is 24.7. The number of hydrogen-bond acceptors (Lipinski definition) is 2. The van der Waals surface area contributed by atoms with Crippen molar-refractivity contribution in [3.8, 4) is 0 Å². The third-order valence-corrected chi connectivity index (χ3v) is 3.31. The lowest BCUT2D eigenvalue weighted by molar-refractivity contribution is -0.129. The first kappa shape index (κ1) is 15.3. The van der Waals surface area contributed by atoms with E-state index in [0.29, 0.717) is 12.6 Å². The fraction of sp³-hybridized carbons (Fsp3) is 0.429. The van der Waals surface area contributed by atoms with Crippen LogP contribution in [0.2, 0.25) is 0 Å². The van der Waals surface area contributed by atoms with Crippen molar-refractivity contribution in [1.29, 1.82) is 0 Å². The first-order chi connectivity index (χ1) is 9.91. The zero-order chi connectivity index (χ0) is 15.6. The third kappa shape index (κ3) is 3.53. The molecule has 7 heteroatoms. The molecule has 0 aliphatic heterocycles. The summed E-state index contributed by atoms with van der Waals surface area (Å²) in [7, 11) is 0. The Balaban J connectivity index is 1.93. The standard InChI is InChI=1S/C14H15F3N2O2/c1-8(20)19(9-2-3-9)7-6-18-14(21)10-4-5-11(15)13(17)12(10)16/h4-5,9H,2-3,6-7H2,1H3,(H,18,21). The third-order valence-electron chi connectivity index (χ3n) is 3.31. The van der Waals surface area contributed by atoms with E-state index in [4.69, 9.17) is 0 Å². The molecule has 1 aromatic carbocycles. The van der Waals surface area contributed by atoms with Crippen LogP contribution in [0.15, 0.2) is 12.1 Å². The Hall–Kier alpha value is -2.05. The lowest BCUT2D eigenvalue weighted by Crippen LogP contribution is -2.39. The van der Waals surface area contributed by atoms with Crippen LogP contribution in [-0.4, -0.2) is 35.8 Å². The lowest BCUT2D eigenvalue weighted by Gasteiger charge is -2.20. The van der Waals surface area contributed by atoms with Crippen molar-refractivity contribution in [3.63, 3.8) is 0 Å². The van der Waals surface area contributed by atoms with E-state index in [9.17, 15) is 22.8 Å². The summed E-state index contributed by atoms with van der Waals surface area (Å²) in [5.41, 5.74) is -0.560. The summed E-state index contributed by atoms with van der Waals surface area (Å²) in [6.07, 6.45) is 1.87. The number of hydrogen-bond donors (Lipinski definition) is 1. The molecule has 2 amide bonds. The molecule has 1 fully saturated rings. The van der Waals surface area contributed by atoms with E-state index in [2.05, 4.69) is 5.32 Å². The Kier molecular flexibility index (Phi) is 4.50. The molecule has 1 aromatic rings. The van der Waals surface area contributed by atoms with Gasteiger partial charge >= 0.3 is 0 Å². The van der Waals surface area contributed by atoms with Crippen LogP contribution in [-0.2, 0) is 4.79 Å². The maximum Gasteiger partial charge on any atom is 0.254 e. The first-order valence-electron chi connectivity index (χ1n) is 6.60. The maximum atomic E-state index is 13.4. The van der Waals surface area contributed by atoms with Gasteiger partial charge in [-0.3, -0.25) is 9.59 Å². The average molecular weight is 300 g/mol. The first-order valence-corrected chi connectivity index (χ1v) is 6.60. The number of rotatable bonds is 5. The van der Waals surface area contributed by atoms with Gasteiger partial charge in [0.05, 0.1) is 5.56 Å². The summed E-state index contributed by atoms with van der Waals surface area (Å²) >= 11 is 0. The quantitative estimate of drug-likeness (QED) is 0.844. The van der Waals surface area contributed by atoms with Crippen molar-refractivity contribution in [2.75, 3.05) is 13.1 Å². The van der Waals surface area contributed by atoms with E-state index in [1.165, 1.54) is 6.92 Å². The highest BCUT2D eigenvalue weighted by molar-refractivity contribution is 5.94. The van der Waals surface area contributed by atoms with Gasteiger partial charge in [0.15, 0.2) is 17.5 Å². The Bertz CT molecular complexity index is 574. The van der Waals surface area contributed by atoms with Gasteiger partial charge in [-0.05, 0) is 25.0 Å². The zero-order valence-corrected chi connectivity index (χ0v) is 11.5. The van der Waals surface area contributed by atoms with Gasteiger partial charge in [-0.1, -0.05) is 0 Å². The van der Waals surface area contributed by atoms with Crippen molar-refractivity contribution in [2.45, 2.75) is 25.8 Å². The molecule has 1 aliphatic carbocycles. The minimum Gasteiger partial charge on any atom is -0.350 e. The molecule has 21 heavy (non-hydrogen) atoms. The molecule has 4 nitrogen and oxygen atoms in total. The van der Waals surface area contributed by atoms with Crippen molar-refractivity contribution >= 4 is 11.8 Å².